The fourth-order valence-electron chi connectivity index (χ4n) is 1.20. The van der Waals surface area contributed by atoms with Gasteiger partial charge in [-0.15, -0.1) is 10.2 Å². The summed E-state index contributed by atoms with van der Waals surface area (Å²) in [4.78, 5) is 3.94. The molecular weight excluding hydrogens is 210 g/mol. The number of hydrogen-bond donors (Lipinski definition) is 1. The fraction of sp³-hybridized carbons (Fsp3) is 0.222. The maximum absolute atomic E-state index is 5.87. The summed E-state index contributed by atoms with van der Waals surface area (Å²) < 4.78 is 1.50. The summed E-state index contributed by atoms with van der Waals surface area (Å²) in [6, 6.07) is 3.71. The Morgan fingerprint density at radius 2 is 2.07 bits per heavy atom. The molecule has 0 amide bonds. The smallest absolute Gasteiger partial charge is 0.210 e. The summed E-state index contributed by atoms with van der Waals surface area (Å²) in [5.74, 6) is 7.45. The predicted molar refractivity (Wildman–Crippen MR) is 59.8 cm³/mol. The molecule has 2 aromatic heterocycles. The Kier molecular flexibility index (Phi) is 2.86. The zero-order valence-electron chi connectivity index (χ0n) is 8.29. The van der Waals surface area contributed by atoms with Gasteiger partial charge in [0.25, 0.3) is 0 Å². The van der Waals surface area contributed by atoms with Gasteiger partial charge < -0.3 is 5.84 Å². The molecule has 0 bridgehead atoms. The van der Waals surface area contributed by atoms with Gasteiger partial charge in [0.2, 0.25) is 5.16 Å². The van der Waals surface area contributed by atoms with Gasteiger partial charge in [0, 0.05) is 18.0 Å². The first kappa shape index (κ1) is 9.97. The molecule has 0 aliphatic rings. The summed E-state index contributed by atoms with van der Waals surface area (Å²) in [5, 5.41) is 8.78. The van der Waals surface area contributed by atoms with Gasteiger partial charge in [0.05, 0.1) is 0 Å². The van der Waals surface area contributed by atoms with E-state index in [0.29, 0.717) is 5.82 Å². The molecule has 2 heterocycles. The summed E-state index contributed by atoms with van der Waals surface area (Å²) >= 11 is 1.57. The van der Waals surface area contributed by atoms with Crippen LogP contribution in [0, 0.1) is 0 Å². The zero-order chi connectivity index (χ0) is 10.7. The number of nitrogens with zero attached hydrogens (tertiary/aromatic N) is 4. The van der Waals surface area contributed by atoms with E-state index in [1.54, 1.807) is 24.2 Å². The van der Waals surface area contributed by atoms with Crippen LogP contribution in [0.2, 0.25) is 0 Å². The van der Waals surface area contributed by atoms with Crippen molar-refractivity contribution < 1.29 is 0 Å². The third kappa shape index (κ3) is 1.94. The van der Waals surface area contributed by atoms with E-state index in [1.165, 1.54) is 4.68 Å². The number of nitrogen functional groups attached to an aromatic ring is 1. The number of hydrogen-bond acceptors (Lipinski definition) is 5. The standard InChI is InChI=1S/C9H11N5S/c1-2-15-9-13-12-8(14(9)10)7-3-5-11-6-4-7/h3-6H,2,10H2,1H3. The lowest BCUT2D eigenvalue weighted by Gasteiger charge is -2.01. The van der Waals surface area contributed by atoms with Crippen LogP contribution in [0.5, 0.6) is 0 Å². The summed E-state index contributed by atoms with van der Waals surface area (Å²) in [6.45, 7) is 2.05. The molecule has 0 unspecified atom stereocenters. The predicted octanol–water partition coefficient (Wildman–Crippen LogP) is 1.17. The topological polar surface area (TPSA) is 69.6 Å². The van der Waals surface area contributed by atoms with Crippen LogP contribution in [0.25, 0.3) is 11.4 Å². The van der Waals surface area contributed by atoms with Crippen LogP contribution in [-0.4, -0.2) is 25.6 Å². The van der Waals surface area contributed by atoms with Gasteiger partial charge in [-0.1, -0.05) is 18.7 Å². The molecule has 0 aliphatic heterocycles. The number of pyridine rings is 1. The second-order valence-corrected chi connectivity index (χ2v) is 4.08. The van der Waals surface area contributed by atoms with Crippen molar-refractivity contribution in [3.63, 3.8) is 0 Å². The first-order valence-electron chi connectivity index (χ1n) is 4.56. The Hall–Kier alpha value is -1.56. The Labute approximate surface area is 91.7 Å². The second-order valence-electron chi connectivity index (χ2n) is 2.85. The van der Waals surface area contributed by atoms with E-state index < -0.39 is 0 Å². The Morgan fingerprint density at radius 1 is 1.33 bits per heavy atom. The molecule has 0 aromatic carbocycles. The summed E-state index contributed by atoms with van der Waals surface area (Å²) in [6.07, 6.45) is 3.41. The molecule has 0 fully saturated rings. The molecule has 78 valence electrons. The normalized spacial score (nSPS) is 10.5. The molecule has 0 radical (unpaired) electrons. The Balaban J connectivity index is 2.38. The average molecular weight is 221 g/mol. The Morgan fingerprint density at radius 3 is 2.73 bits per heavy atom. The molecule has 0 spiro atoms. The van der Waals surface area contributed by atoms with Crippen molar-refractivity contribution in [3.05, 3.63) is 24.5 Å². The minimum absolute atomic E-state index is 0.661. The maximum atomic E-state index is 5.87. The van der Waals surface area contributed by atoms with Crippen LogP contribution in [0.3, 0.4) is 0 Å². The van der Waals surface area contributed by atoms with Gasteiger partial charge in [0.1, 0.15) is 0 Å². The van der Waals surface area contributed by atoms with Gasteiger partial charge in [-0.2, -0.15) is 0 Å². The molecule has 0 saturated carbocycles. The SMILES string of the molecule is CCSc1nnc(-c2ccncc2)n1N. The van der Waals surface area contributed by atoms with Gasteiger partial charge >= 0.3 is 0 Å². The highest BCUT2D eigenvalue weighted by molar-refractivity contribution is 7.99. The lowest BCUT2D eigenvalue weighted by Crippen LogP contribution is -2.11. The number of nitrogens with two attached hydrogens (primary N) is 1. The molecule has 0 atom stereocenters. The third-order valence-corrected chi connectivity index (χ3v) is 2.70. The average Bonchev–Trinajstić information content (AvgIpc) is 2.63. The quantitative estimate of drug-likeness (QED) is 0.622. The monoisotopic (exact) mass is 221 g/mol. The fourth-order valence-corrected chi connectivity index (χ4v) is 1.78. The lowest BCUT2D eigenvalue weighted by molar-refractivity contribution is 0.850. The van der Waals surface area contributed by atoms with E-state index in [1.807, 2.05) is 19.1 Å². The number of aromatic nitrogens is 4. The van der Waals surface area contributed by atoms with Crippen LogP contribution in [0.15, 0.2) is 29.7 Å². The Bertz CT molecular complexity index is 439. The van der Waals surface area contributed by atoms with E-state index in [-0.39, 0.29) is 0 Å². The van der Waals surface area contributed by atoms with Crippen LogP contribution in [0.4, 0.5) is 0 Å². The van der Waals surface area contributed by atoms with E-state index in [9.17, 15) is 0 Å². The molecular formula is C9H11N5S. The highest BCUT2D eigenvalue weighted by Crippen LogP contribution is 2.20. The maximum Gasteiger partial charge on any atom is 0.210 e. The highest BCUT2D eigenvalue weighted by Gasteiger charge is 2.10. The zero-order valence-corrected chi connectivity index (χ0v) is 9.11. The second kappa shape index (κ2) is 4.31. The van der Waals surface area contributed by atoms with E-state index in [2.05, 4.69) is 15.2 Å². The summed E-state index contributed by atoms with van der Waals surface area (Å²) in [5.41, 5.74) is 0.919. The van der Waals surface area contributed by atoms with E-state index in [0.717, 1.165) is 16.5 Å². The third-order valence-electron chi connectivity index (χ3n) is 1.88. The molecule has 6 heteroatoms. The van der Waals surface area contributed by atoms with Crippen LogP contribution >= 0.6 is 11.8 Å². The van der Waals surface area contributed by atoms with Crippen molar-refractivity contribution >= 4 is 11.8 Å². The molecule has 2 aromatic rings. The molecule has 15 heavy (non-hydrogen) atoms. The molecule has 2 rings (SSSR count). The van der Waals surface area contributed by atoms with Crippen molar-refractivity contribution in [1.82, 2.24) is 19.9 Å². The minimum atomic E-state index is 0.661. The van der Waals surface area contributed by atoms with Gasteiger partial charge in [0.15, 0.2) is 5.82 Å². The van der Waals surface area contributed by atoms with Gasteiger partial charge in [-0.05, 0) is 17.9 Å². The number of thioether (sulfide) groups is 1. The van der Waals surface area contributed by atoms with Crippen LogP contribution in [-0.2, 0) is 0 Å². The highest BCUT2D eigenvalue weighted by atomic mass is 32.2. The van der Waals surface area contributed by atoms with Crippen LogP contribution < -0.4 is 5.84 Å². The molecule has 2 N–H and O–H groups in total. The van der Waals surface area contributed by atoms with Crippen LogP contribution in [0.1, 0.15) is 6.92 Å². The van der Waals surface area contributed by atoms with Gasteiger partial charge in [-0.25, -0.2) is 4.68 Å². The first-order valence-corrected chi connectivity index (χ1v) is 5.55. The first-order chi connectivity index (χ1) is 7.33. The largest absolute Gasteiger partial charge is 0.335 e. The number of rotatable bonds is 3. The molecule has 0 saturated heterocycles. The van der Waals surface area contributed by atoms with Crippen molar-refractivity contribution in [1.29, 1.82) is 0 Å². The van der Waals surface area contributed by atoms with E-state index in [4.69, 9.17) is 5.84 Å². The van der Waals surface area contributed by atoms with E-state index >= 15 is 0 Å². The minimum Gasteiger partial charge on any atom is -0.335 e. The molecule has 0 aliphatic carbocycles. The van der Waals surface area contributed by atoms with Crippen molar-refractivity contribution in [2.45, 2.75) is 12.1 Å². The molecule has 5 nitrogen and oxygen atoms in total. The van der Waals surface area contributed by atoms with Crippen molar-refractivity contribution in [2.75, 3.05) is 11.6 Å². The van der Waals surface area contributed by atoms with Crippen molar-refractivity contribution in [3.8, 4) is 11.4 Å². The van der Waals surface area contributed by atoms with Gasteiger partial charge in [-0.3, -0.25) is 4.98 Å². The lowest BCUT2D eigenvalue weighted by atomic mass is 10.2. The summed E-state index contributed by atoms with van der Waals surface area (Å²) in [7, 11) is 0. The van der Waals surface area contributed by atoms with Crippen molar-refractivity contribution in [2.24, 2.45) is 0 Å².